The predicted molar refractivity (Wildman–Crippen MR) is 76.8 cm³/mol. The molecule has 3 N–H and O–H groups in total. The molecule has 1 aromatic rings. The maximum Gasteiger partial charge on any atom is 0.251 e. The van der Waals surface area contributed by atoms with Crippen molar-refractivity contribution < 1.29 is 13.2 Å². The smallest absolute Gasteiger partial charge is 0.251 e. The molecule has 1 aliphatic carbocycles. The Bertz CT molecular complexity index is 605. The Morgan fingerprint density at radius 3 is 2.55 bits per heavy atom. The lowest BCUT2D eigenvalue weighted by Crippen LogP contribution is -2.28. The van der Waals surface area contributed by atoms with Gasteiger partial charge in [-0.1, -0.05) is 12.8 Å². The summed E-state index contributed by atoms with van der Waals surface area (Å²) in [6, 6.07) is 4.45. The van der Waals surface area contributed by atoms with Crippen LogP contribution in [0.1, 0.15) is 41.6 Å². The van der Waals surface area contributed by atoms with Crippen molar-refractivity contribution in [3.63, 3.8) is 0 Å². The molecule has 0 saturated heterocycles. The number of primary sulfonamides is 1. The summed E-state index contributed by atoms with van der Waals surface area (Å²) in [5, 5.41) is 7.98. The molecule has 2 rings (SSSR count). The van der Waals surface area contributed by atoms with E-state index in [-0.39, 0.29) is 10.8 Å². The van der Waals surface area contributed by atoms with Gasteiger partial charge in [-0.2, -0.15) is 0 Å². The topological polar surface area (TPSA) is 89.3 Å². The van der Waals surface area contributed by atoms with Gasteiger partial charge in [0.15, 0.2) is 0 Å². The van der Waals surface area contributed by atoms with Crippen LogP contribution in [0.15, 0.2) is 23.1 Å². The second-order valence-electron chi connectivity index (χ2n) is 5.44. The molecule has 1 aliphatic rings. The van der Waals surface area contributed by atoms with Crippen LogP contribution in [0.25, 0.3) is 0 Å². The lowest BCUT2D eigenvalue weighted by atomic mass is 10.1. The van der Waals surface area contributed by atoms with E-state index in [2.05, 4.69) is 5.32 Å². The second-order valence-corrected chi connectivity index (χ2v) is 7.00. The Morgan fingerprint density at radius 1 is 1.30 bits per heavy atom. The Kier molecular flexibility index (Phi) is 4.45. The maximum atomic E-state index is 12.1. The summed E-state index contributed by atoms with van der Waals surface area (Å²) in [6.07, 6.45) is 4.74. The number of amides is 1. The molecule has 0 atom stereocenters. The van der Waals surface area contributed by atoms with Crippen LogP contribution in [0.2, 0.25) is 0 Å². The van der Waals surface area contributed by atoms with E-state index >= 15 is 0 Å². The number of hydrogen-bond acceptors (Lipinski definition) is 3. The van der Waals surface area contributed by atoms with E-state index in [1.165, 1.54) is 25.0 Å². The number of carbonyl (C=O) groups excluding carboxylic acids is 1. The molecule has 5 nitrogen and oxygen atoms in total. The zero-order valence-corrected chi connectivity index (χ0v) is 12.4. The summed E-state index contributed by atoms with van der Waals surface area (Å²) in [7, 11) is -3.79. The van der Waals surface area contributed by atoms with Gasteiger partial charge < -0.3 is 5.32 Å². The van der Waals surface area contributed by atoms with Crippen LogP contribution in [0.3, 0.4) is 0 Å². The van der Waals surface area contributed by atoms with Crippen LogP contribution in [-0.4, -0.2) is 20.9 Å². The van der Waals surface area contributed by atoms with Crippen molar-refractivity contribution in [2.45, 2.75) is 37.5 Å². The Balaban J connectivity index is 2.11. The normalized spacial score (nSPS) is 16.3. The van der Waals surface area contributed by atoms with Gasteiger partial charge in [0.05, 0.1) is 4.90 Å². The van der Waals surface area contributed by atoms with E-state index in [0.717, 1.165) is 12.8 Å². The SMILES string of the molecule is Cc1cc(C(=O)NCC2CCCC2)cc(S(N)(=O)=O)c1. The number of nitrogens with one attached hydrogen (secondary N) is 1. The van der Waals surface area contributed by atoms with Gasteiger partial charge in [-0.05, 0) is 49.4 Å². The van der Waals surface area contributed by atoms with Crippen molar-refractivity contribution in [1.82, 2.24) is 5.32 Å². The fraction of sp³-hybridized carbons (Fsp3) is 0.500. The monoisotopic (exact) mass is 296 g/mol. The first-order valence-corrected chi connectivity index (χ1v) is 8.33. The number of carbonyl (C=O) groups is 1. The van der Waals surface area contributed by atoms with Crippen LogP contribution in [0.5, 0.6) is 0 Å². The lowest BCUT2D eigenvalue weighted by Gasteiger charge is -2.11. The molecule has 1 amide bonds. The van der Waals surface area contributed by atoms with Crippen LogP contribution in [0, 0.1) is 12.8 Å². The van der Waals surface area contributed by atoms with Gasteiger partial charge in [0.2, 0.25) is 10.0 Å². The third kappa shape index (κ3) is 3.80. The number of rotatable bonds is 4. The molecule has 0 bridgehead atoms. The van der Waals surface area contributed by atoms with Crippen molar-refractivity contribution in [2.75, 3.05) is 6.54 Å². The van der Waals surface area contributed by atoms with Crippen LogP contribution in [-0.2, 0) is 10.0 Å². The van der Waals surface area contributed by atoms with Crippen LogP contribution in [0.4, 0.5) is 0 Å². The van der Waals surface area contributed by atoms with Gasteiger partial charge in [-0.3, -0.25) is 4.79 Å². The number of aryl methyl sites for hydroxylation is 1. The van der Waals surface area contributed by atoms with Crippen LogP contribution < -0.4 is 10.5 Å². The summed E-state index contributed by atoms with van der Waals surface area (Å²) in [6.45, 7) is 2.39. The summed E-state index contributed by atoms with van der Waals surface area (Å²) < 4.78 is 22.7. The average Bonchev–Trinajstić information content (AvgIpc) is 2.87. The molecule has 110 valence electrons. The zero-order valence-electron chi connectivity index (χ0n) is 11.6. The molecule has 6 heteroatoms. The van der Waals surface area contributed by atoms with Gasteiger partial charge in [0.1, 0.15) is 0 Å². The first-order chi connectivity index (χ1) is 9.36. The Hall–Kier alpha value is -1.40. The van der Waals surface area contributed by atoms with E-state index in [0.29, 0.717) is 23.6 Å². The Morgan fingerprint density at radius 2 is 1.95 bits per heavy atom. The molecule has 0 aromatic heterocycles. The predicted octanol–water partition coefficient (Wildman–Crippen LogP) is 1.56. The molecule has 0 aliphatic heterocycles. The molecule has 1 aromatic carbocycles. The quantitative estimate of drug-likeness (QED) is 0.883. The van der Waals surface area contributed by atoms with E-state index in [1.54, 1.807) is 13.0 Å². The molecule has 0 spiro atoms. The molecule has 1 saturated carbocycles. The molecule has 1 fully saturated rings. The fourth-order valence-electron chi connectivity index (χ4n) is 2.60. The van der Waals surface area contributed by atoms with Gasteiger partial charge in [-0.15, -0.1) is 0 Å². The summed E-state index contributed by atoms with van der Waals surface area (Å²) in [5.74, 6) is 0.298. The lowest BCUT2D eigenvalue weighted by molar-refractivity contribution is 0.0947. The fourth-order valence-corrected chi connectivity index (χ4v) is 3.24. The Labute approximate surface area is 119 Å². The largest absolute Gasteiger partial charge is 0.352 e. The number of sulfonamides is 1. The minimum atomic E-state index is -3.79. The average molecular weight is 296 g/mol. The zero-order chi connectivity index (χ0) is 14.8. The number of nitrogens with two attached hydrogens (primary N) is 1. The number of hydrogen-bond donors (Lipinski definition) is 2. The minimum Gasteiger partial charge on any atom is -0.352 e. The van der Waals surface area contributed by atoms with Crippen molar-refractivity contribution in [3.05, 3.63) is 29.3 Å². The minimum absolute atomic E-state index is 0.0245. The van der Waals surface area contributed by atoms with Crippen molar-refractivity contribution in [2.24, 2.45) is 11.1 Å². The van der Waals surface area contributed by atoms with E-state index in [1.807, 2.05) is 0 Å². The van der Waals surface area contributed by atoms with E-state index in [9.17, 15) is 13.2 Å². The van der Waals surface area contributed by atoms with Gasteiger partial charge in [-0.25, -0.2) is 13.6 Å². The van der Waals surface area contributed by atoms with Crippen LogP contribution >= 0.6 is 0 Å². The summed E-state index contributed by atoms with van der Waals surface area (Å²) >= 11 is 0. The van der Waals surface area contributed by atoms with Gasteiger partial charge >= 0.3 is 0 Å². The summed E-state index contributed by atoms with van der Waals surface area (Å²) in [5.41, 5.74) is 1.04. The molecule has 0 heterocycles. The second kappa shape index (κ2) is 5.93. The highest BCUT2D eigenvalue weighted by molar-refractivity contribution is 7.89. The standard InChI is InChI=1S/C14H20N2O3S/c1-10-6-12(8-13(7-10)20(15,18)19)14(17)16-9-11-4-2-3-5-11/h6-8,11H,2-5,9H2,1H3,(H,16,17)(H2,15,18,19). The highest BCUT2D eigenvalue weighted by atomic mass is 32.2. The highest BCUT2D eigenvalue weighted by Crippen LogP contribution is 2.23. The molecule has 0 radical (unpaired) electrons. The van der Waals surface area contributed by atoms with Gasteiger partial charge in [0.25, 0.3) is 5.91 Å². The van der Waals surface area contributed by atoms with E-state index < -0.39 is 10.0 Å². The van der Waals surface area contributed by atoms with Crippen molar-refractivity contribution in [1.29, 1.82) is 0 Å². The number of benzene rings is 1. The van der Waals surface area contributed by atoms with Gasteiger partial charge in [0, 0.05) is 12.1 Å². The molecule has 20 heavy (non-hydrogen) atoms. The highest BCUT2D eigenvalue weighted by Gasteiger charge is 2.17. The van der Waals surface area contributed by atoms with Crippen molar-refractivity contribution >= 4 is 15.9 Å². The first-order valence-electron chi connectivity index (χ1n) is 6.79. The van der Waals surface area contributed by atoms with Crippen molar-refractivity contribution in [3.8, 4) is 0 Å². The third-order valence-electron chi connectivity index (χ3n) is 3.67. The first kappa shape index (κ1) is 15.0. The summed E-state index contributed by atoms with van der Waals surface area (Å²) in [4.78, 5) is 12.1. The van der Waals surface area contributed by atoms with E-state index in [4.69, 9.17) is 5.14 Å². The molecular formula is C14H20N2O3S. The third-order valence-corrected chi connectivity index (χ3v) is 4.56. The maximum absolute atomic E-state index is 12.1. The molecule has 0 unspecified atom stereocenters. The molecular weight excluding hydrogens is 276 g/mol.